The highest BCUT2D eigenvalue weighted by molar-refractivity contribution is 7.47. The van der Waals surface area contributed by atoms with E-state index in [1.165, 1.54) is 103 Å². The predicted octanol–water partition coefficient (Wildman–Crippen LogP) is 13.5. The molecule has 0 aliphatic heterocycles. The highest BCUT2D eigenvalue weighted by atomic mass is 31.2. The molecule has 2 atom stereocenters. The molecule has 9 nitrogen and oxygen atoms in total. The van der Waals surface area contributed by atoms with Gasteiger partial charge in [-0.2, -0.15) is 0 Å². The van der Waals surface area contributed by atoms with Crippen LogP contribution >= 0.6 is 7.82 Å². The standard InChI is InChI=1S/C47H86NO8P/c1-3-5-7-9-11-13-15-17-19-21-22-24-25-27-29-31-33-35-37-39-46(49)53-43-45(44-55-57(51,52)54-42-41-48)56-47(50)40-38-36-34-32-30-28-26-23-20-18-16-14-12-10-8-6-4-2/h6,8,12,14,18,20,26,28,45H,3-5,7,9-11,13,15-17,19,21-25,27,29-44,48H2,1-2H3,(H,51,52)/b8-6-,14-12-,20-18-,28-26-/t45-/m1/s1. The smallest absolute Gasteiger partial charge is 0.462 e. The van der Waals surface area contributed by atoms with Gasteiger partial charge in [0.05, 0.1) is 13.2 Å². The summed E-state index contributed by atoms with van der Waals surface area (Å²) in [5.74, 6) is -0.851. The van der Waals surface area contributed by atoms with Crippen LogP contribution in [0.3, 0.4) is 0 Å². The molecular formula is C47H86NO8P. The number of unbranched alkanes of at least 4 members (excludes halogenated alkanes) is 22. The van der Waals surface area contributed by atoms with Crippen molar-refractivity contribution in [2.75, 3.05) is 26.4 Å². The van der Waals surface area contributed by atoms with Crippen LogP contribution in [0.2, 0.25) is 0 Å². The molecule has 0 amide bonds. The molecular weight excluding hydrogens is 737 g/mol. The van der Waals surface area contributed by atoms with Gasteiger partial charge in [-0.3, -0.25) is 18.6 Å². The van der Waals surface area contributed by atoms with E-state index in [4.69, 9.17) is 24.3 Å². The van der Waals surface area contributed by atoms with Crippen LogP contribution in [0.4, 0.5) is 0 Å². The van der Waals surface area contributed by atoms with Crippen molar-refractivity contribution in [3.8, 4) is 0 Å². The molecule has 1 unspecified atom stereocenters. The van der Waals surface area contributed by atoms with E-state index < -0.39 is 26.5 Å². The normalized spacial score (nSPS) is 13.7. The molecule has 0 aliphatic carbocycles. The molecule has 0 fully saturated rings. The van der Waals surface area contributed by atoms with Gasteiger partial charge in [0.15, 0.2) is 6.10 Å². The van der Waals surface area contributed by atoms with Crippen LogP contribution in [0, 0.1) is 0 Å². The number of allylic oxidation sites excluding steroid dienone is 8. The Morgan fingerprint density at radius 3 is 1.44 bits per heavy atom. The molecule has 0 radical (unpaired) electrons. The molecule has 0 bridgehead atoms. The lowest BCUT2D eigenvalue weighted by molar-refractivity contribution is -0.161. The van der Waals surface area contributed by atoms with E-state index in [1.807, 2.05) is 0 Å². The van der Waals surface area contributed by atoms with E-state index in [1.54, 1.807) is 0 Å². The second-order valence-electron chi connectivity index (χ2n) is 15.2. The SMILES string of the molecule is CC/C=C\C/C=C\C/C=C\C/C=C\CCCCCCC(=O)O[C@H](COC(=O)CCCCCCCCCCCCCCCCCCCCC)COP(=O)(O)OCCN. The van der Waals surface area contributed by atoms with Crippen molar-refractivity contribution in [3.05, 3.63) is 48.6 Å². The molecule has 0 saturated carbocycles. The van der Waals surface area contributed by atoms with E-state index in [0.29, 0.717) is 6.42 Å². The van der Waals surface area contributed by atoms with Gasteiger partial charge in [0, 0.05) is 19.4 Å². The van der Waals surface area contributed by atoms with Crippen LogP contribution < -0.4 is 5.73 Å². The average Bonchev–Trinajstić information content (AvgIpc) is 3.20. The van der Waals surface area contributed by atoms with Gasteiger partial charge in [-0.05, 0) is 51.4 Å². The third-order valence-corrected chi connectivity index (χ3v) is 10.7. The van der Waals surface area contributed by atoms with E-state index >= 15 is 0 Å². The summed E-state index contributed by atoms with van der Waals surface area (Å²) in [5.41, 5.74) is 5.35. The van der Waals surface area contributed by atoms with Crippen molar-refractivity contribution in [2.45, 2.75) is 213 Å². The van der Waals surface area contributed by atoms with Crippen molar-refractivity contribution in [1.82, 2.24) is 0 Å². The Morgan fingerprint density at radius 1 is 0.544 bits per heavy atom. The third-order valence-electron chi connectivity index (χ3n) is 9.73. The Labute approximate surface area is 349 Å². The lowest BCUT2D eigenvalue weighted by Gasteiger charge is -2.19. The van der Waals surface area contributed by atoms with Crippen molar-refractivity contribution in [3.63, 3.8) is 0 Å². The zero-order chi connectivity index (χ0) is 41.8. The van der Waals surface area contributed by atoms with Gasteiger partial charge < -0.3 is 20.1 Å². The average molecular weight is 824 g/mol. The summed E-state index contributed by atoms with van der Waals surface area (Å²) < 4.78 is 32.8. The topological polar surface area (TPSA) is 134 Å². The molecule has 0 aliphatic rings. The number of esters is 2. The zero-order valence-electron chi connectivity index (χ0n) is 36.6. The Balaban J connectivity index is 4.13. The summed E-state index contributed by atoms with van der Waals surface area (Å²) in [5, 5.41) is 0. The Hall–Kier alpha value is -2.03. The summed E-state index contributed by atoms with van der Waals surface area (Å²) in [6.45, 7) is 3.61. The van der Waals surface area contributed by atoms with E-state index in [0.717, 1.165) is 70.6 Å². The summed E-state index contributed by atoms with van der Waals surface area (Å²) in [6, 6.07) is 0. The Bertz CT molecular complexity index is 1080. The molecule has 3 N–H and O–H groups in total. The number of phosphoric ester groups is 1. The van der Waals surface area contributed by atoms with Gasteiger partial charge in [-0.25, -0.2) is 4.57 Å². The minimum atomic E-state index is -4.39. The van der Waals surface area contributed by atoms with Crippen LogP contribution in [0.15, 0.2) is 48.6 Å². The van der Waals surface area contributed by atoms with Gasteiger partial charge in [0.25, 0.3) is 0 Å². The maximum atomic E-state index is 12.6. The fraction of sp³-hybridized carbons (Fsp3) is 0.787. The number of carbonyl (C=O) groups is 2. The number of hydrogen-bond donors (Lipinski definition) is 2. The van der Waals surface area contributed by atoms with Gasteiger partial charge in [0.2, 0.25) is 0 Å². The van der Waals surface area contributed by atoms with Crippen molar-refractivity contribution >= 4 is 19.8 Å². The van der Waals surface area contributed by atoms with Crippen LogP contribution in [-0.2, 0) is 32.7 Å². The molecule has 57 heavy (non-hydrogen) atoms. The molecule has 10 heteroatoms. The molecule has 0 spiro atoms. The quantitative estimate of drug-likeness (QED) is 0.0267. The monoisotopic (exact) mass is 824 g/mol. The zero-order valence-corrected chi connectivity index (χ0v) is 37.5. The minimum absolute atomic E-state index is 0.0485. The van der Waals surface area contributed by atoms with Gasteiger partial charge >= 0.3 is 19.8 Å². The maximum Gasteiger partial charge on any atom is 0.472 e. The first-order chi connectivity index (χ1) is 27.8. The van der Waals surface area contributed by atoms with E-state index in [2.05, 4.69) is 62.5 Å². The number of carbonyl (C=O) groups excluding carboxylic acids is 2. The van der Waals surface area contributed by atoms with Crippen LogP contribution in [0.1, 0.15) is 206 Å². The summed E-state index contributed by atoms with van der Waals surface area (Å²) >= 11 is 0. The van der Waals surface area contributed by atoms with Crippen LogP contribution in [0.25, 0.3) is 0 Å². The number of hydrogen-bond acceptors (Lipinski definition) is 8. The van der Waals surface area contributed by atoms with Gasteiger partial charge in [0.1, 0.15) is 6.61 Å². The second-order valence-corrected chi connectivity index (χ2v) is 16.7. The largest absolute Gasteiger partial charge is 0.472 e. The first kappa shape index (κ1) is 55.0. The van der Waals surface area contributed by atoms with Gasteiger partial charge in [-0.1, -0.05) is 191 Å². The van der Waals surface area contributed by atoms with Crippen LogP contribution in [-0.4, -0.2) is 49.3 Å². The van der Waals surface area contributed by atoms with Gasteiger partial charge in [-0.15, -0.1) is 0 Å². The van der Waals surface area contributed by atoms with Crippen molar-refractivity contribution < 1.29 is 37.6 Å². The highest BCUT2D eigenvalue weighted by Gasteiger charge is 2.26. The first-order valence-corrected chi connectivity index (χ1v) is 24.6. The molecule has 332 valence electrons. The molecule has 0 aromatic rings. The fourth-order valence-electron chi connectivity index (χ4n) is 6.33. The second kappa shape index (κ2) is 43.5. The number of rotatable bonds is 43. The number of nitrogens with two attached hydrogens (primary N) is 1. The fourth-order valence-corrected chi connectivity index (χ4v) is 7.10. The Kier molecular flexibility index (Phi) is 42.0. The molecule has 0 rings (SSSR count). The molecule has 0 heterocycles. The van der Waals surface area contributed by atoms with E-state index in [-0.39, 0.29) is 38.6 Å². The third kappa shape index (κ3) is 43.4. The summed E-state index contributed by atoms with van der Waals surface area (Å²) in [6.07, 6.45) is 50.0. The number of phosphoric acid groups is 1. The Morgan fingerprint density at radius 2 is 0.965 bits per heavy atom. The lowest BCUT2D eigenvalue weighted by atomic mass is 10.0. The predicted molar refractivity (Wildman–Crippen MR) is 238 cm³/mol. The maximum absolute atomic E-state index is 12.6. The van der Waals surface area contributed by atoms with Crippen LogP contribution in [0.5, 0.6) is 0 Å². The molecule has 0 saturated heterocycles. The first-order valence-electron chi connectivity index (χ1n) is 23.1. The minimum Gasteiger partial charge on any atom is -0.462 e. The molecule has 0 aromatic carbocycles. The number of ether oxygens (including phenoxy) is 2. The lowest BCUT2D eigenvalue weighted by Crippen LogP contribution is -2.29. The van der Waals surface area contributed by atoms with E-state index in [9.17, 15) is 19.0 Å². The van der Waals surface area contributed by atoms with Crippen molar-refractivity contribution in [1.29, 1.82) is 0 Å². The highest BCUT2D eigenvalue weighted by Crippen LogP contribution is 2.43. The van der Waals surface area contributed by atoms with Crippen molar-refractivity contribution in [2.24, 2.45) is 5.73 Å². The summed E-state index contributed by atoms with van der Waals surface area (Å²) in [4.78, 5) is 34.9. The molecule has 0 aromatic heterocycles. The summed E-state index contributed by atoms with van der Waals surface area (Å²) in [7, 11) is -4.39.